The molecular formula is C23H28ClN5O3. The van der Waals surface area contributed by atoms with Gasteiger partial charge >= 0.3 is 0 Å². The zero-order valence-corrected chi connectivity index (χ0v) is 19.5. The molecule has 3 aliphatic heterocycles. The number of rotatable bonds is 2. The number of carbonyl (C=O) groups excluding carboxylic acids is 2. The van der Waals surface area contributed by atoms with E-state index in [1.807, 2.05) is 0 Å². The second-order valence-corrected chi connectivity index (χ2v) is 8.81. The summed E-state index contributed by atoms with van der Waals surface area (Å²) < 4.78 is 6.15. The van der Waals surface area contributed by atoms with Crippen molar-refractivity contribution in [3.05, 3.63) is 28.9 Å². The number of ether oxygens (including phenoxy) is 1. The van der Waals surface area contributed by atoms with Gasteiger partial charge in [-0.1, -0.05) is 24.1 Å². The van der Waals surface area contributed by atoms with Crippen LogP contribution in [0.15, 0.2) is 12.7 Å². The summed E-state index contributed by atoms with van der Waals surface area (Å²) in [6.45, 7) is 11.3. The molecule has 0 aromatic carbocycles. The van der Waals surface area contributed by atoms with Crippen molar-refractivity contribution in [2.45, 2.75) is 25.9 Å². The standard InChI is InChI=1S/C23H28ClN5O3/c1-5-7-17-20(24)21-19(22(25-17)28-10-8-26(4)12-15(28)3)23(31)29-11-9-27(18(30)6-2)13-16(29)14-32-21/h6,15-16H,2,8-14H2,1,3-4H3/t15-,16?/m0/s1. The molecule has 2 amide bonds. The molecule has 2 fully saturated rings. The second-order valence-electron chi connectivity index (χ2n) is 8.43. The smallest absolute Gasteiger partial charge is 0.261 e. The number of piperazine rings is 2. The van der Waals surface area contributed by atoms with E-state index in [-0.39, 0.29) is 35.5 Å². The number of halogens is 1. The number of fused-ring (bicyclic) bond motifs is 2. The van der Waals surface area contributed by atoms with E-state index in [1.165, 1.54) is 6.08 Å². The summed E-state index contributed by atoms with van der Waals surface area (Å²) in [4.78, 5) is 38.6. The Morgan fingerprint density at radius 2 is 2.00 bits per heavy atom. The van der Waals surface area contributed by atoms with E-state index in [4.69, 9.17) is 21.3 Å². The molecule has 3 aliphatic rings. The highest BCUT2D eigenvalue weighted by atomic mass is 35.5. The van der Waals surface area contributed by atoms with E-state index in [0.717, 1.165) is 19.6 Å². The zero-order chi connectivity index (χ0) is 23.0. The van der Waals surface area contributed by atoms with Gasteiger partial charge in [-0.2, -0.15) is 0 Å². The quantitative estimate of drug-likeness (QED) is 0.495. The van der Waals surface area contributed by atoms with Crippen molar-refractivity contribution in [1.29, 1.82) is 0 Å². The Labute approximate surface area is 193 Å². The number of aromatic nitrogens is 1. The number of likely N-dealkylation sites (N-methyl/N-ethyl adjacent to an activating group) is 1. The van der Waals surface area contributed by atoms with Crippen molar-refractivity contribution < 1.29 is 14.3 Å². The van der Waals surface area contributed by atoms with Crippen molar-refractivity contribution in [3.63, 3.8) is 0 Å². The topological polar surface area (TPSA) is 69.2 Å². The van der Waals surface area contributed by atoms with Crippen LogP contribution in [0.5, 0.6) is 5.75 Å². The van der Waals surface area contributed by atoms with Gasteiger partial charge < -0.3 is 24.3 Å². The molecule has 170 valence electrons. The highest BCUT2D eigenvalue weighted by Gasteiger charge is 2.41. The summed E-state index contributed by atoms with van der Waals surface area (Å²) in [7, 11) is 2.08. The second kappa shape index (κ2) is 9.00. The number of anilines is 1. The summed E-state index contributed by atoms with van der Waals surface area (Å²) in [5.41, 5.74) is 0.796. The van der Waals surface area contributed by atoms with E-state index < -0.39 is 0 Å². The molecule has 2 atom stereocenters. The molecule has 9 heteroatoms. The fourth-order valence-corrected chi connectivity index (χ4v) is 4.88. The van der Waals surface area contributed by atoms with Gasteiger partial charge in [0.05, 0.1) is 6.04 Å². The third-order valence-electron chi connectivity index (χ3n) is 6.29. The lowest BCUT2D eigenvalue weighted by atomic mass is 10.1. The van der Waals surface area contributed by atoms with Crippen LogP contribution < -0.4 is 9.64 Å². The number of amides is 2. The van der Waals surface area contributed by atoms with Crippen LogP contribution in [0.3, 0.4) is 0 Å². The molecule has 4 heterocycles. The first kappa shape index (κ1) is 22.4. The Balaban J connectivity index is 1.79. The van der Waals surface area contributed by atoms with Gasteiger partial charge in [0.25, 0.3) is 5.91 Å². The Kier molecular flexibility index (Phi) is 6.31. The summed E-state index contributed by atoms with van der Waals surface area (Å²) in [6.07, 6.45) is 1.30. The van der Waals surface area contributed by atoms with E-state index in [9.17, 15) is 9.59 Å². The monoisotopic (exact) mass is 457 g/mol. The van der Waals surface area contributed by atoms with Crippen LogP contribution in [-0.4, -0.2) is 96.5 Å². The summed E-state index contributed by atoms with van der Waals surface area (Å²) >= 11 is 6.65. The van der Waals surface area contributed by atoms with Gasteiger partial charge in [0.2, 0.25) is 5.91 Å². The first-order valence-corrected chi connectivity index (χ1v) is 11.2. The summed E-state index contributed by atoms with van der Waals surface area (Å²) in [6, 6.07) is -0.120. The molecule has 0 bridgehead atoms. The minimum atomic E-state index is -0.276. The minimum Gasteiger partial charge on any atom is -0.489 e. The van der Waals surface area contributed by atoms with E-state index in [0.29, 0.717) is 42.5 Å². The average Bonchev–Trinajstić information content (AvgIpc) is 2.92. The van der Waals surface area contributed by atoms with E-state index in [2.05, 4.69) is 42.2 Å². The Morgan fingerprint density at radius 3 is 2.69 bits per heavy atom. The first-order valence-electron chi connectivity index (χ1n) is 10.8. The molecule has 1 aromatic heterocycles. The fraction of sp³-hybridized carbons (Fsp3) is 0.522. The third kappa shape index (κ3) is 3.91. The maximum absolute atomic E-state index is 13.8. The highest BCUT2D eigenvalue weighted by molar-refractivity contribution is 6.34. The van der Waals surface area contributed by atoms with Gasteiger partial charge in [-0.3, -0.25) is 9.59 Å². The van der Waals surface area contributed by atoms with Crippen molar-refractivity contribution >= 4 is 29.2 Å². The van der Waals surface area contributed by atoms with Gasteiger partial charge in [-0.05, 0) is 32.9 Å². The predicted molar refractivity (Wildman–Crippen MR) is 123 cm³/mol. The third-order valence-corrected chi connectivity index (χ3v) is 6.64. The maximum atomic E-state index is 13.8. The molecule has 2 saturated heterocycles. The Hall–Kier alpha value is -2.76. The normalized spacial score (nSPS) is 23.4. The minimum absolute atomic E-state index is 0.147. The Morgan fingerprint density at radius 1 is 1.25 bits per heavy atom. The van der Waals surface area contributed by atoms with Crippen molar-refractivity contribution in [2.24, 2.45) is 0 Å². The van der Waals surface area contributed by atoms with Gasteiger partial charge in [-0.15, -0.1) is 0 Å². The molecule has 0 aliphatic carbocycles. The summed E-state index contributed by atoms with van der Waals surface area (Å²) in [5, 5.41) is 0.257. The van der Waals surface area contributed by atoms with Crippen molar-refractivity contribution in [2.75, 3.05) is 57.8 Å². The molecule has 0 radical (unpaired) electrons. The fourth-order valence-electron chi connectivity index (χ4n) is 4.64. The van der Waals surface area contributed by atoms with Gasteiger partial charge in [0.15, 0.2) is 5.75 Å². The maximum Gasteiger partial charge on any atom is 0.261 e. The van der Waals surface area contributed by atoms with Crippen LogP contribution in [0.2, 0.25) is 5.02 Å². The molecule has 1 unspecified atom stereocenters. The molecular weight excluding hydrogens is 430 g/mol. The van der Waals surface area contributed by atoms with Gasteiger partial charge in [-0.25, -0.2) is 4.98 Å². The average molecular weight is 458 g/mol. The molecule has 0 saturated carbocycles. The predicted octanol–water partition coefficient (Wildman–Crippen LogP) is 1.48. The molecule has 32 heavy (non-hydrogen) atoms. The van der Waals surface area contributed by atoms with Crippen LogP contribution in [0, 0.1) is 11.8 Å². The van der Waals surface area contributed by atoms with Gasteiger partial charge in [0, 0.05) is 45.3 Å². The number of carbonyl (C=O) groups is 2. The largest absolute Gasteiger partial charge is 0.489 e. The number of pyridine rings is 1. The van der Waals surface area contributed by atoms with E-state index in [1.54, 1.807) is 16.7 Å². The highest BCUT2D eigenvalue weighted by Crippen LogP contribution is 2.40. The number of hydrogen-bond donors (Lipinski definition) is 0. The van der Waals surface area contributed by atoms with Crippen LogP contribution >= 0.6 is 11.6 Å². The van der Waals surface area contributed by atoms with Crippen molar-refractivity contribution in [1.82, 2.24) is 19.7 Å². The Bertz CT molecular complexity index is 1020. The lowest BCUT2D eigenvalue weighted by Crippen LogP contribution is -2.57. The zero-order valence-electron chi connectivity index (χ0n) is 18.7. The first-order chi connectivity index (χ1) is 15.3. The molecule has 8 nitrogen and oxygen atoms in total. The lowest BCUT2D eigenvalue weighted by molar-refractivity contribution is -0.128. The number of hydrogen-bond acceptors (Lipinski definition) is 6. The molecule has 4 rings (SSSR count). The van der Waals surface area contributed by atoms with Crippen LogP contribution in [0.25, 0.3) is 0 Å². The molecule has 0 spiro atoms. The lowest BCUT2D eigenvalue weighted by Gasteiger charge is -2.41. The summed E-state index contributed by atoms with van der Waals surface area (Å²) in [5.74, 6) is 6.40. The van der Waals surface area contributed by atoms with E-state index >= 15 is 0 Å². The molecule has 1 aromatic rings. The molecule has 0 N–H and O–H groups in total. The van der Waals surface area contributed by atoms with Crippen LogP contribution in [-0.2, 0) is 4.79 Å². The van der Waals surface area contributed by atoms with Crippen LogP contribution in [0.4, 0.5) is 5.82 Å². The number of nitrogens with zero attached hydrogens (tertiary/aromatic N) is 5. The van der Waals surface area contributed by atoms with Crippen molar-refractivity contribution in [3.8, 4) is 17.6 Å². The van der Waals surface area contributed by atoms with Gasteiger partial charge in [0.1, 0.15) is 28.7 Å². The SMILES string of the molecule is C=CC(=O)N1CCN2C(=O)c3c(N4CCN(C)C[C@@H]4C)nc(C#CC)c(Cl)c3OCC2C1. The van der Waals surface area contributed by atoms with Crippen LogP contribution in [0.1, 0.15) is 29.9 Å².